The minimum atomic E-state index is 0.0271. The Bertz CT molecular complexity index is 605. The number of amides is 1. The van der Waals surface area contributed by atoms with Crippen LogP contribution < -0.4 is 10.1 Å². The van der Waals surface area contributed by atoms with Gasteiger partial charge in [-0.25, -0.2) is 0 Å². The predicted molar refractivity (Wildman–Crippen MR) is 89.2 cm³/mol. The van der Waals surface area contributed by atoms with Crippen molar-refractivity contribution in [1.82, 2.24) is 5.32 Å². The SMILES string of the molecule is CCc1ccc(OCCNC(=O)Cc2ccccc2C)cc1. The van der Waals surface area contributed by atoms with E-state index in [1.807, 2.05) is 43.3 Å². The Morgan fingerprint density at radius 1 is 1.09 bits per heavy atom. The van der Waals surface area contributed by atoms with Crippen LogP contribution in [0, 0.1) is 6.92 Å². The number of carbonyl (C=O) groups is 1. The van der Waals surface area contributed by atoms with Gasteiger partial charge in [0, 0.05) is 0 Å². The van der Waals surface area contributed by atoms with Crippen LogP contribution in [0.25, 0.3) is 0 Å². The summed E-state index contributed by atoms with van der Waals surface area (Å²) in [5.41, 5.74) is 3.50. The number of nitrogens with one attached hydrogen (secondary N) is 1. The normalized spacial score (nSPS) is 10.3. The summed E-state index contributed by atoms with van der Waals surface area (Å²) in [7, 11) is 0. The van der Waals surface area contributed by atoms with Crippen molar-refractivity contribution >= 4 is 5.91 Å². The Labute approximate surface area is 132 Å². The van der Waals surface area contributed by atoms with E-state index in [0.717, 1.165) is 23.3 Å². The van der Waals surface area contributed by atoms with Crippen LogP contribution in [-0.2, 0) is 17.6 Å². The Morgan fingerprint density at radius 2 is 1.82 bits per heavy atom. The molecule has 1 N–H and O–H groups in total. The number of ether oxygens (including phenoxy) is 1. The molecule has 116 valence electrons. The number of benzene rings is 2. The molecule has 0 atom stereocenters. The summed E-state index contributed by atoms with van der Waals surface area (Å²) >= 11 is 0. The maximum Gasteiger partial charge on any atom is 0.224 e. The first-order chi connectivity index (χ1) is 10.7. The summed E-state index contributed by atoms with van der Waals surface area (Å²) < 4.78 is 5.62. The second-order valence-electron chi connectivity index (χ2n) is 5.30. The summed E-state index contributed by atoms with van der Waals surface area (Å²) in [6.07, 6.45) is 1.44. The highest BCUT2D eigenvalue weighted by Crippen LogP contribution is 2.12. The van der Waals surface area contributed by atoms with Gasteiger partial charge in [0.1, 0.15) is 12.4 Å². The molecule has 0 saturated heterocycles. The zero-order chi connectivity index (χ0) is 15.8. The first-order valence-electron chi connectivity index (χ1n) is 7.72. The van der Waals surface area contributed by atoms with Crippen molar-refractivity contribution in [3.05, 3.63) is 65.2 Å². The lowest BCUT2D eigenvalue weighted by atomic mass is 10.1. The zero-order valence-corrected chi connectivity index (χ0v) is 13.3. The molecule has 0 spiro atoms. The van der Waals surface area contributed by atoms with E-state index in [1.165, 1.54) is 5.56 Å². The van der Waals surface area contributed by atoms with Gasteiger partial charge in [-0.15, -0.1) is 0 Å². The molecule has 0 fully saturated rings. The van der Waals surface area contributed by atoms with Crippen molar-refractivity contribution in [2.45, 2.75) is 26.7 Å². The van der Waals surface area contributed by atoms with Crippen LogP contribution in [0.1, 0.15) is 23.6 Å². The standard InChI is InChI=1S/C19H23NO2/c1-3-16-8-10-18(11-9-16)22-13-12-20-19(21)14-17-7-5-4-6-15(17)2/h4-11H,3,12-14H2,1-2H3,(H,20,21). The Morgan fingerprint density at radius 3 is 2.50 bits per heavy atom. The minimum absolute atomic E-state index is 0.0271. The number of hydrogen-bond acceptors (Lipinski definition) is 2. The Balaban J connectivity index is 1.69. The molecule has 0 radical (unpaired) electrons. The molecule has 0 aromatic heterocycles. The summed E-state index contributed by atoms with van der Waals surface area (Å²) in [5, 5.41) is 2.89. The van der Waals surface area contributed by atoms with Gasteiger partial charge in [-0.1, -0.05) is 43.3 Å². The molecule has 2 aromatic rings. The van der Waals surface area contributed by atoms with E-state index in [1.54, 1.807) is 0 Å². The number of rotatable bonds is 7. The second-order valence-corrected chi connectivity index (χ2v) is 5.30. The Kier molecular flexibility index (Phi) is 6.01. The van der Waals surface area contributed by atoms with Crippen molar-refractivity contribution in [3.8, 4) is 5.75 Å². The Hall–Kier alpha value is -2.29. The predicted octanol–water partition coefficient (Wildman–Crippen LogP) is 3.30. The van der Waals surface area contributed by atoms with Gasteiger partial charge >= 0.3 is 0 Å². The van der Waals surface area contributed by atoms with Gasteiger partial charge in [-0.05, 0) is 42.2 Å². The van der Waals surface area contributed by atoms with Gasteiger partial charge in [-0.3, -0.25) is 4.79 Å². The molecule has 0 aliphatic carbocycles. The first-order valence-corrected chi connectivity index (χ1v) is 7.72. The maximum absolute atomic E-state index is 11.9. The fourth-order valence-electron chi connectivity index (χ4n) is 2.22. The summed E-state index contributed by atoms with van der Waals surface area (Å²) in [6, 6.07) is 16.0. The average Bonchev–Trinajstić information content (AvgIpc) is 2.54. The maximum atomic E-state index is 11.9. The molecule has 3 heteroatoms. The van der Waals surface area contributed by atoms with Gasteiger partial charge in [0.2, 0.25) is 5.91 Å². The van der Waals surface area contributed by atoms with Crippen LogP contribution in [0.3, 0.4) is 0 Å². The molecule has 0 unspecified atom stereocenters. The van der Waals surface area contributed by atoms with E-state index in [-0.39, 0.29) is 5.91 Å². The minimum Gasteiger partial charge on any atom is -0.492 e. The molecular weight excluding hydrogens is 274 g/mol. The monoisotopic (exact) mass is 297 g/mol. The molecule has 0 heterocycles. The smallest absolute Gasteiger partial charge is 0.224 e. The van der Waals surface area contributed by atoms with Crippen LogP contribution in [0.2, 0.25) is 0 Å². The van der Waals surface area contributed by atoms with Gasteiger partial charge in [0.05, 0.1) is 13.0 Å². The van der Waals surface area contributed by atoms with Crippen molar-refractivity contribution in [3.63, 3.8) is 0 Å². The quantitative estimate of drug-likeness (QED) is 0.796. The third kappa shape index (κ3) is 4.92. The van der Waals surface area contributed by atoms with Gasteiger partial charge in [-0.2, -0.15) is 0 Å². The third-order valence-electron chi connectivity index (χ3n) is 3.64. The van der Waals surface area contributed by atoms with E-state index < -0.39 is 0 Å². The molecule has 3 nitrogen and oxygen atoms in total. The number of carbonyl (C=O) groups excluding carboxylic acids is 1. The van der Waals surface area contributed by atoms with Crippen LogP contribution in [0.5, 0.6) is 5.75 Å². The molecule has 2 aromatic carbocycles. The van der Waals surface area contributed by atoms with Crippen LogP contribution in [-0.4, -0.2) is 19.1 Å². The van der Waals surface area contributed by atoms with E-state index in [4.69, 9.17) is 4.74 Å². The van der Waals surface area contributed by atoms with E-state index in [0.29, 0.717) is 19.6 Å². The average molecular weight is 297 g/mol. The third-order valence-corrected chi connectivity index (χ3v) is 3.64. The molecule has 0 saturated carbocycles. The highest BCUT2D eigenvalue weighted by atomic mass is 16.5. The molecule has 1 amide bonds. The van der Waals surface area contributed by atoms with E-state index >= 15 is 0 Å². The van der Waals surface area contributed by atoms with Crippen LogP contribution in [0.15, 0.2) is 48.5 Å². The molecule has 0 aliphatic heterocycles. The van der Waals surface area contributed by atoms with Crippen molar-refractivity contribution in [1.29, 1.82) is 0 Å². The molecular formula is C19H23NO2. The highest BCUT2D eigenvalue weighted by molar-refractivity contribution is 5.78. The number of aryl methyl sites for hydroxylation is 2. The summed E-state index contributed by atoms with van der Waals surface area (Å²) in [6.45, 7) is 5.14. The van der Waals surface area contributed by atoms with Gasteiger partial charge in [0.25, 0.3) is 0 Å². The molecule has 2 rings (SSSR count). The van der Waals surface area contributed by atoms with Crippen LogP contribution >= 0.6 is 0 Å². The largest absolute Gasteiger partial charge is 0.492 e. The lowest BCUT2D eigenvalue weighted by Crippen LogP contribution is -2.29. The summed E-state index contributed by atoms with van der Waals surface area (Å²) in [4.78, 5) is 11.9. The van der Waals surface area contributed by atoms with Crippen LogP contribution in [0.4, 0.5) is 0 Å². The van der Waals surface area contributed by atoms with Gasteiger partial charge in [0.15, 0.2) is 0 Å². The summed E-state index contributed by atoms with van der Waals surface area (Å²) in [5.74, 6) is 0.865. The van der Waals surface area contributed by atoms with E-state index in [2.05, 4.69) is 24.4 Å². The van der Waals surface area contributed by atoms with Crippen molar-refractivity contribution in [2.75, 3.05) is 13.2 Å². The lowest BCUT2D eigenvalue weighted by Gasteiger charge is -2.09. The number of hydrogen-bond donors (Lipinski definition) is 1. The second kappa shape index (κ2) is 8.23. The zero-order valence-electron chi connectivity index (χ0n) is 13.3. The molecule has 0 aliphatic rings. The fraction of sp³-hybridized carbons (Fsp3) is 0.316. The van der Waals surface area contributed by atoms with Gasteiger partial charge < -0.3 is 10.1 Å². The topological polar surface area (TPSA) is 38.3 Å². The fourth-order valence-corrected chi connectivity index (χ4v) is 2.22. The van der Waals surface area contributed by atoms with Crippen molar-refractivity contribution in [2.24, 2.45) is 0 Å². The van der Waals surface area contributed by atoms with E-state index in [9.17, 15) is 4.79 Å². The molecule has 0 bridgehead atoms. The lowest BCUT2D eigenvalue weighted by molar-refractivity contribution is -0.120. The highest BCUT2D eigenvalue weighted by Gasteiger charge is 2.04. The molecule has 22 heavy (non-hydrogen) atoms. The van der Waals surface area contributed by atoms with Crippen molar-refractivity contribution < 1.29 is 9.53 Å². The first kappa shape index (κ1) is 16.1.